The first-order valence-corrected chi connectivity index (χ1v) is 5.15. The van der Waals surface area contributed by atoms with Gasteiger partial charge < -0.3 is 0 Å². The minimum atomic E-state index is 0.155. The van der Waals surface area contributed by atoms with Gasteiger partial charge in [-0.05, 0) is 23.3 Å². The van der Waals surface area contributed by atoms with Crippen molar-refractivity contribution in [2.24, 2.45) is 0 Å². The third-order valence-electron chi connectivity index (χ3n) is 3.17. The van der Waals surface area contributed by atoms with Gasteiger partial charge in [0.05, 0.1) is 0 Å². The van der Waals surface area contributed by atoms with Crippen LogP contribution in [0.3, 0.4) is 0 Å². The van der Waals surface area contributed by atoms with Crippen LogP contribution in [0.1, 0.15) is 38.8 Å². The van der Waals surface area contributed by atoms with Gasteiger partial charge in [0.15, 0.2) is 0 Å². The van der Waals surface area contributed by atoms with Crippen molar-refractivity contribution in [1.82, 2.24) is 0 Å². The molecule has 0 fully saturated rings. The Morgan fingerprint density at radius 1 is 0.929 bits per heavy atom. The molecule has 0 bridgehead atoms. The fraction of sp³-hybridized carbons (Fsp3) is 0.429. The summed E-state index contributed by atoms with van der Waals surface area (Å²) >= 11 is 0. The maximum Gasteiger partial charge on any atom is 0.00789 e. The van der Waals surface area contributed by atoms with Crippen molar-refractivity contribution >= 4 is 0 Å². The van der Waals surface area contributed by atoms with Crippen molar-refractivity contribution in [1.29, 1.82) is 0 Å². The average molecular weight is 185 g/mol. The first kappa shape index (κ1) is 9.51. The SMILES string of the molecule is CC1(C)C=CC(C)(C)c2cc[c]cc21. The first-order valence-electron chi connectivity index (χ1n) is 5.15. The Bertz CT molecular complexity index is 344. The molecule has 14 heavy (non-hydrogen) atoms. The number of benzene rings is 1. The number of hydrogen-bond acceptors (Lipinski definition) is 0. The van der Waals surface area contributed by atoms with Gasteiger partial charge in [-0.3, -0.25) is 0 Å². The lowest BCUT2D eigenvalue weighted by molar-refractivity contribution is 0.563. The molecule has 1 radical (unpaired) electrons. The summed E-state index contributed by atoms with van der Waals surface area (Å²) in [5.41, 5.74) is 3.17. The van der Waals surface area contributed by atoms with E-state index in [1.807, 2.05) is 6.07 Å². The molecule has 0 aliphatic heterocycles. The monoisotopic (exact) mass is 185 g/mol. The van der Waals surface area contributed by atoms with E-state index >= 15 is 0 Å². The molecule has 1 aliphatic rings. The minimum Gasteiger partial charge on any atom is -0.0776 e. The van der Waals surface area contributed by atoms with E-state index in [1.165, 1.54) is 11.1 Å². The Labute approximate surface area is 86.7 Å². The maximum atomic E-state index is 3.18. The predicted molar refractivity (Wildman–Crippen MR) is 60.5 cm³/mol. The van der Waals surface area contributed by atoms with Gasteiger partial charge in [-0.1, -0.05) is 52.0 Å². The minimum absolute atomic E-state index is 0.155. The van der Waals surface area contributed by atoms with Crippen LogP contribution in [-0.2, 0) is 10.8 Å². The van der Waals surface area contributed by atoms with E-state index in [-0.39, 0.29) is 10.8 Å². The van der Waals surface area contributed by atoms with E-state index in [9.17, 15) is 0 Å². The van der Waals surface area contributed by atoms with E-state index in [0.29, 0.717) is 0 Å². The molecule has 0 saturated carbocycles. The lowest BCUT2D eigenvalue weighted by atomic mass is 9.68. The molecule has 0 saturated heterocycles. The molecule has 73 valence electrons. The van der Waals surface area contributed by atoms with Gasteiger partial charge in [0.2, 0.25) is 0 Å². The van der Waals surface area contributed by atoms with Crippen molar-refractivity contribution in [3.63, 3.8) is 0 Å². The van der Waals surface area contributed by atoms with E-state index in [1.54, 1.807) is 0 Å². The highest BCUT2D eigenvalue weighted by atomic mass is 14.4. The van der Waals surface area contributed by atoms with Crippen LogP contribution >= 0.6 is 0 Å². The molecule has 0 amide bonds. The zero-order valence-electron chi connectivity index (χ0n) is 9.39. The number of hydrogen-bond donors (Lipinski definition) is 0. The molecule has 0 heterocycles. The first-order chi connectivity index (χ1) is 6.43. The van der Waals surface area contributed by atoms with Gasteiger partial charge in [0, 0.05) is 10.8 Å². The third kappa shape index (κ3) is 1.30. The maximum absolute atomic E-state index is 3.18. The van der Waals surface area contributed by atoms with Crippen LogP contribution in [0.4, 0.5) is 0 Å². The second kappa shape index (κ2) is 2.73. The predicted octanol–water partition coefficient (Wildman–Crippen LogP) is 3.61. The van der Waals surface area contributed by atoms with Crippen LogP contribution in [0.5, 0.6) is 0 Å². The molecule has 0 nitrogen and oxygen atoms in total. The second-order valence-corrected chi connectivity index (χ2v) is 5.25. The Kier molecular flexibility index (Phi) is 1.85. The molecule has 1 aromatic carbocycles. The Hall–Kier alpha value is -1.04. The molecule has 1 aliphatic carbocycles. The van der Waals surface area contributed by atoms with Gasteiger partial charge in [-0.2, -0.15) is 0 Å². The van der Waals surface area contributed by atoms with Crippen molar-refractivity contribution in [3.8, 4) is 0 Å². The van der Waals surface area contributed by atoms with Gasteiger partial charge in [-0.25, -0.2) is 0 Å². The Morgan fingerprint density at radius 2 is 1.50 bits per heavy atom. The number of fused-ring (bicyclic) bond motifs is 1. The molecule has 0 atom stereocenters. The quantitative estimate of drug-likeness (QED) is 0.542. The summed E-state index contributed by atoms with van der Waals surface area (Å²) in [5.74, 6) is 0. The summed E-state index contributed by atoms with van der Waals surface area (Å²) in [6.45, 7) is 9.03. The van der Waals surface area contributed by atoms with Gasteiger partial charge in [0.1, 0.15) is 0 Å². The second-order valence-electron chi connectivity index (χ2n) is 5.25. The lowest BCUT2D eigenvalue weighted by Gasteiger charge is -2.36. The average Bonchev–Trinajstić information content (AvgIpc) is 2.14. The normalized spacial score (nSPS) is 21.7. The van der Waals surface area contributed by atoms with Crippen LogP contribution in [0.25, 0.3) is 0 Å². The zero-order valence-corrected chi connectivity index (χ0v) is 9.39. The van der Waals surface area contributed by atoms with Crippen molar-refractivity contribution < 1.29 is 0 Å². The van der Waals surface area contributed by atoms with Crippen molar-refractivity contribution in [2.45, 2.75) is 38.5 Å². The van der Waals surface area contributed by atoms with Gasteiger partial charge in [-0.15, -0.1) is 0 Å². The summed E-state index contributed by atoms with van der Waals surface area (Å²) in [6, 6.07) is 9.51. The van der Waals surface area contributed by atoms with E-state index in [2.05, 4.69) is 58.0 Å². The standard InChI is InChI=1S/C14H17/c1-13(2)9-10-14(3,4)12-8-6-5-7-11(12)13/h5,7-10H,1-4H3. The van der Waals surface area contributed by atoms with E-state index in [0.717, 1.165) is 0 Å². The van der Waals surface area contributed by atoms with Gasteiger partial charge >= 0.3 is 0 Å². The number of rotatable bonds is 0. The highest BCUT2D eigenvalue weighted by molar-refractivity contribution is 5.46. The van der Waals surface area contributed by atoms with Gasteiger partial charge in [0.25, 0.3) is 0 Å². The summed E-state index contributed by atoms with van der Waals surface area (Å²) in [7, 11) is 0. The summed E-state index contributed by atoms with van der Waals surface area (Å²) in [4.78, 5) is 0. The van der Waals surface area contributed by atoms with Crippen molar-refractivity contribution in [3.05, 3.63) is 47.5 Å². The molecular formula is C14H17. The smallest absolute Gasteiger partial charge is 0.00789 e. The van der Waals surface area contributed by atoms with Crippen LogP contribution in [-0.4, -0.2) is 0 Å². The molecule has 1 aromatic rings. The van der Waals surface area contributed by atoms with Crippen LogP contribution < -0.4 is 0 Å². The third-order valence-corrected chi connectivity index (χ3v) is 3.17. The van der Waals surface area contributed by atoms with E-state index < -0.39 is 0 Å². The van der Waals surface area contributed by atoms with Crippen LogP contribution in [0.2, 0.25) is 0 Å². The van der Waals surface area contributed by atoms with Crippen molar-refractivity contribution in [2.75, 3.05) is 0 Å². The fourth-order valence-electron chi connectivity index (χ4n) is 2.12. The highest BCUT2D eigenvalue weighted by Gasteiger charge is 2.31. The van der Waals surface area contributed by atoms with Crippen LogP contribution in [0.15, 0.2) is 30.4 Å². The molecule has 0 heteroatoms. The summed E-state index contributed by atoms with van der Waals surface area (Å²) < 4.78 is 0. The molecule has 2 rings (SSSR count). The molecular weight excluding hydrogens is 168 g/mol. The highest BCUT2D eigenvalue weighted by Crippen LogP contribution is 2.40. The Balaban J connectivity index is 2.68. The lowest BCUT2D eigenvalue weighted by Crippen LogP contribution is -2.28. The molecule has 0 aromatic heterocycles. The molecule has 0 unspecified atom stereocenters. The largest absolute Gasteiger partial charge is 0.0776 e. The summed E-state index contributed by atoms with van der Waals surface area (Å²) in [6.07, 6.45) is 4.62. The summed E-state index contributed by atoms with van der Waals surface area (Å²) in [5, 5.41) is 0. The fourth-order valence-corrected chi connectivity index (χ4v) is 2.12. The Morgan fingerprint density at radius 3 is 2.07 bits per heavy atom. The molecule has 0 spiro atoms. The zero-order chi connectivity index (χ0) is 10.4. The topological polar surface area (TPSA) is 0 Å². The molecule has 0 N–H and O–H groups in total. The van der Waals surface area contributed by atoms with E-state index in [4.69, 9.17) is 0 Å². The number of allylic oxidation sites excluding steroid dienone is 2. The van der Waals surface area contributed by atoms with Crippen LogP contribution in [0, 0.1) is 6.07 Å².